The predicted octanol–water partition coefficient (Wildman–Crippen LogP) is 8.35. The van der Waals surface area contributed by atoms with E-state index in [1.54, 1.807) is 22.7 Å². The van der Waals surface area contributed by atoms with Gasteiger partial charge in [0.25, 0.3) is 11.1 Å². The molecule has 4 aromatic heterocycles. The molecule has 0 atom stereocenters. The summed E-state index contributed by atoms with van der Waals surface area (Å²) in [6.45, 7) is 8.02. The molecule has 0 spiro atoms. The predicted molar refractivity (Wildman–Crippen MR) is 222 cm³/mol. The zero-order chi connectivity index (χ0) is 37.2. The number of aromatic amines is 2. The van der Waals surface area contributed by atoms with Crippen molar-refractivity contribution in [1.29, 1.82) is 0 Å². The molecular formula is C42H48N6O4S2. The molecule has 12 heteroatoms. The van der Waals surface area contributed by atoms with Gasteiger partial charge in [-0.1, -0.05) is 19.6 Å². The Morgan fingerprint density at radius 1 is 0.611 bits per heavy atom. The van der Waals surface area contributed by atoms with Crippen LogP contribution in [-0.2, 0) is 48.1 Å². The number of rotatable bonds is 8. The van der Waals surface area contributed by atoms with E-state index in [-0.39, 0.29) is 43.2 Å². The van der Waals surface area contributed by atoms with Crippen LogP contribution in [0.1, 0.15) is 94.3 Å². The summed E-state index contributed by atoms with van der Waals surface area (Å²) in [5.74, 6) is 1.01. The van der Waals surface area contributed by atoms with Gasteiger partial charge in [-0.25, -0.2) is 9.97 Å². The van der Waals surface area contributed by atoms with E-state index in [2.05, 4.69) is 42.7 Å². The number of hydrogen-bond acceptors (Lipinski definition) is 8. The van der Waals surface area contributed by atoms with Gasteiger partial charge in [0.2, 0.25) is 11.8 Å². The molecule has 6 aromatic rings. The van der Waals surface area contributed by atoms with E-state index in [0.717, 1.165) is 92.6 Å². The van der Waals surface area contributed by atoms with E-state index in [0.29, 0.717) is 24.5 Å². The van der Waals surface area contributed by atoms with Crippen LogP contribution in [0, 0.1) is 27.7 Å². The van der Waals surface area contributed by atoms with Crippen LogP contribution in [0.25, 0.3) is 20.4 Å². The number of aryl methyl sites for hydroxylation is 10. The molecular weight excluding hydrogens is 717 g/mol. The first-order valence-electron chi connectivity index (χ1n) is 18.3. The normalized spacial score (nSPS) is 13.1. The Bertz CT molecular complexity index is 2450. The van der Waals surface area contributed by atoms with Crippen molar-refractivity contribution in [2.24, 2.45) is 0 Å². The zero-order valence-electron chi connectivity index (χ0n) is 30.6. The van der Waals surface area contributed by atoms with E-state index in [4.69, 9.17) is 0 Å². The highest BCUT2D eigenvalue weighted by Gasteiger charge is 2.22. The van der Waals surface area contributed by atoms with Crippen LogP contribution in [0.4, 0.5) is 11.4 Å². The molecule has 0 radical (unpaired) electrons. The number of aromatic nitrogens is 4. The molecule has 2 aliphatic rings. The summed E-state index contributed by atoms with van der Waals surface area (Å²) in [6, 6.07) is 11.9. The minimum atomic E-state index is -0.0774. The Balaban J connectivity index is 0.000000181. The second-order valence-electron chi connectivity index (χ2n) is 14.3. The smallest absolute Gasteiger partial charge is 0.259 e. The number of carbonyl (C=O) groups excluding carboxylic acids is 2. The SMILES string of the molecule is C.Cc1cc(C)cc(NC(=O)CCc2nc3sc4c(c3c(=O)[nH]2)CCC4)c1.Cc1cc(C)cc(NC(=O)CCc2nc3sc4c(c3c(=O)[nH]2)CCCC4)c1. The molecule has 4 N–H and O–H groups in total. The van der Waals surface area contributed by atoms with Gasteiger partial charge in [-0.05, 0) is 130 Å². The van der Waals surface area contributed by atoms with E-state index >= 15 is 0 Å². The molecule has 0 saturated carbocycles. The number of thiophene rings is 2. The van der Waals surface area contributed by atoms with Crippen LogP contribution in [0.5, 0.6) is 0 Å². The van der Waals surface area contributed by atoms with Crippen LogP contribution < -0.4 is 21.8 Å². The van der Waals surface area contributed by atoms with Gasteiger partial charge in [0.1, 0.15) is 21.3 Å². The molecule has 54 heavy (non-hydrogen) atoms. The standard InChI is InChI=1S/C21H23N3O2S.C20H21N3O2S.CH4/c1-12-9-13(2)11-14(10-12)22-18(25)8-7-17-23-20(26)19-15-5-3-4-6-16(15)27-21(19)24-17;1-11-8-12(2)10-13(9-11)21-17(24)7-6-16-22-19(25)18-14-4-3-5-15(14)26-20(18)23-16;/h9-11H,3-8H2,1-2H3,(H,22,25)(H,23,24,26);8-10H,3-7H2,1-2H3,(H,21,24)(H,22,23,25);1H4. The van der Waals surface area contributed by atoms with Gasteiger partial charge in [0.05, 0.1) is 10.8 Å². The number of hydrogen-bond donors (Lipinski definition) is 4. The molecule has 0 saturated heterocycles. The number of H-pyrrole nitrogens is 2. The number of carbonyl (C=O) groups is 2. The lowest BCUT2D eigenvalue weighted by Crippen LogP contribution is -2.16. The number of fused-ring (bicyclic) bond motifs is 6. The lowest BCUT2D eigenvalue weighted by molar-refractivity contribution is -0.117. The molecule has 0 fully saturated rings. The van der Waals surface area contributed by atoms with Crippen molar-refractivity contribution in [3.05, 3.63) is 112 Å². The summed E-state index contributed by atoms with van der Waals surface area (Å²) in [5.41, 5.74) is 8.30. The fourth-order valence-electron chi connectivity index (χ4n) is 7.50. The molecule has 0 aliphatic heterocycles. The summed E-state index contributed by atoms with van der Waals surface area (Å²) in [6.07, 6.45) is 8.88. The minimum absolute atomic E-state index is 0. The van der Waals surface area contributed by atoms with Crippen molar-refractivity contribution >= 4 is 66.3 Å². The Kier molecular flexibility index (Phi) is 11.9. The van der Waals surface area contributed by atoms with Crippen molar-refractivity contribution in [2.75, 3.05) is 10.6 Å². The van der Waals surface area contributed by atoms with Gasteiger partial charge >= 0.3 is 0 Å². The van der Waals surface area contributed by atoms with Gasteiger partial charge < -0.3 is 20.6 Å². The van der Waals surface area contributed by atoms with Crippen LogP contribution in [0.3, 0.4) is 0 Å². The monoisotopic (exact) mass is 764 g/mol. The third kappa shape index (κ3) is 8.88. The highest BCUT2D eigenvalue weighted by Crippen LogP contribution is 2.35. The van der Waals surface area contributed by atoms with Crippen LogP contribution >= 0.6 is 22.7 Å². The van der Waals surface area contributed by atoms with Crippen LogP contribution in [0.15, 0.2) is 46.0 Å². The van der Waals surface area contributed by atoms with Crippen molar-refractivity contribution in [1.82, 2.24) is 19.9 Å². The van der Waals surface area contributed by atoms with Crippen molar-refractivity contribution in [3.8, 4) is 0 Å². The van der Waals surface area contributed by atoms with Gasteiger partial charge in [-0.2, -0.15) is 0 Å². The third-order valence-electron chi connectivity index (χ3n) is 9.69. The largest absolute Gasteiger partial charge is 0.326 e. The second kappa shape index (κ2) is 16.6. The molecule has 10 nitrogen and oxygen atoms in total. The van der Waals surface area contributed by atoms with E-state index in [9.17, 15) is 19.2 Å². The molecule has 2 amide bonds. The summed E-state index contributed by atoms with van der Waals surface area (Å²) >= 11 is 3.26. The molecule has 4 heterocycles. The molecule has 282 valence electrons. The van der Waals surface area contributed by atoms with Gasteiger partial charge in [-0.3, -0.25) is 19.2 Å². The van der Waals surface area contributed by atoms with Crippen molar-refractivity contribution in [2.45, 2.75) is 106 Å². The number of amides is 2. The Morgan fingerprint density at radius 3 is 1.44 bits per heavy atom. The Labute approximate surface area is 322 Å². The van der Waals surface area contributed by atoms with Crippen molar-refractivity contribution < 1.29 is 9.59 Å². The van der Waals surface area contributed by atoms with E-state index in [1.807, 2.05) is 52.0 Å². The highest BCUT2D eigenvalue weighted by molar-refractivity contribution is 7.19. The average Bonchev–Trinajstić information content (AvgIpc) is 3.79. The number of benzene rings is 2. The summed E-state index contributed by atoms with van der Waals surface area (Å²) in [4.78, 5) is 68.7. The van der Waals surface area contributed by atoms with Gasteiger partial charge in [0.15, 0.2) is 0 Å². The number of nitrogens with zero attached hydrogens (tertiary/aromatic N) is 2. The molecule has 2 aliphatic carbocycles. The summed E-state index contributed by atoms with van der Waals surface area (Å²) in [7, 11) is 0. The summed E-state index contributed by atoms with van der Waals surface area (Å²) < 4.78 is 0. The Morgan fingerprint density at radius 2 is 1.00 bits per heavy atom. The third-order valence-corrected chi connectivity index (χ3v) is 12.1. The maximum absolute atomic E-state index is 12.6. The molecule has 8 rings (SSSR count). The topological polar surface area (TPSA) is 150 Å². The fraction of sp³-hybridized carbons (Fsp3) is 0.381. The van der Waals surface area contributed by atoms with Crippen LogP contribution in [-0.4, -0.2) is 31.8 Å². The lowest BCUT2D eigenvalue weighted by atomic mass is 9.97. The maximum atomic E-state index is 12.6. The molecule has 2 aromatic carbocycles. The second-order valence-corrected chi connectivity index (χ2v) is 16.5. The quantitative estimate of drug-likeness (QED) is 0.122. The van der Waals surface area contributed by atoms with Gasteiger partial charge in [-0.15, -0.1) is 22.7 Å². The number of anilines is 2. The lowest BCUT2D eigenvalue weighted by Gasteiger charge is -2.09. The first kappa shape index (κ1) is 38.8. The summed E-state index contributed by atoms with van der Waals surface area (Å²) in [5, 5.41) is 7.37. The van der Waals surface area contributed by atoms with E-state index in [1.165, 1.54) is 27.3 Å². The molecule has 0 unspecified atom stereocenters. The van der Waals surface area contributed by atoms with Crippen molar-refractivity contribution in [3.63, 3.8) is 0 Å². The van der Waals surface area contributed by atoms with Gasteiger partial charge in [0, 0.05) is 46.8 Å². The first-order valence-corrected chi connectivity index (χ1v) is 20.0. The van der Waals surface area contributed by atoms with Crippen LogP contribution in [0.2, 0.25) is 0 Å². The van der Waals surface area contributed by atoms with E-state index < -0.39 is 0 Å². The molecule has 0 bridgehead atoms. The Hall–Kier alpha value is -4.94. The highest BCUT2D eigenvalue weighted by atomic mass is 32.1. The minimum Gasteiger partial charge on any atom is -0.326 e. The first-order chi connectivity index (χ1) is 25.5. The maximum Gasteiger partial charge on any atom is 0.259 e. The zero-order valence-corrected chi connectivity index (χ0v) is 32.2. The average molecular weight is 765 g/mol. The number of nitrogens with one attached hydrogen (secondary N) is 4. The fourth-order valence-corrected chi connectivity index (χ4v) is 10.1.